The third-order valence-corrected chi connectivity index (χ3v) is 2.45. The van der Waals surface area contributed by atoms with Gasteiger partial charge in [-0.15, -0.1) is 0 Å². The summed E-state index contributed by atoms with van der Waals surface area (Å²) in [6.07, 6.45) is 1.40. The van der Waals surface area contributed by atoms with Crippen molar-refractivity contribution in [3.63, 3.8) is 0 Å². The van der Waals surface area contributed by atoms with Gasteiger partial charge in [-0.25, -0.2) is 0 Å². The molecule has 0 saturated heterocycles. The molecule has 0 heterocycles. The van der Waals surface area contributed by atoms with E-state index in [1.165, 1.54) is 12.7 Å². The number of methoxy groups -OCH3 is 1. The normalized spacial score (nSPS) is 11.9. The quantitative estimate of drug-likeness (QED) is 0.777. The van der Waals surface area contributed by atoms with Crippen LogP contribution in [0.3, 0.4) is 0 Å². The molecule has 0 spiro atoms. The highest BCUT2D eigenvalue weighted by molar-refractivity contribution is 5.70. The van der Waals surface area contributed by atoms with Crippen LogP contribution >= 0.6 is 0 Å². The minimum atomic E-state index is -0.188. The number of carbonyl (C=O) groups is 1. The maximum Gasteiger partial charge on any atom is 0.307 e. The first-order valence-electron chi connectivity index (χ1n) is 5.58. The average Bonchev–Trinajstić information content (AvgIpc) is 2.28. The van der Waals surface area contributed by atoms with Crippen molar-refractivity contribution >= 4 is 11.7 Å². The van der Waals surface area contributed by atoms with Crippen molar-refractivity contribution < 1.29 is 9.53 Å². The molecule has 0 fully saturated rings. The number of nitrogens with one attached hydrogen (secondary N) is 1. The second kappa shape index (κ2) is 6.16. The van der Waals surface area contributed by atoms with Crippen LogP contribution in [0.1, 0.15) is 25.8 Å². The van der Waals surface area contributed by atoms with E-state index in [-0.39, 0.29) is 12.0 Å². The maximum atomic E-state index is 11.1. The lowest BCUT2D eigenvalue weighted by Gasteiger charge is -2.14. The molecule has 0 aliphatic carbocycles. The van der Waals surface area contributed by atoms with E-state index in [0.717, 1.165) is 12.1 Å². The molecule has 88 valence electrons. The van der Waals surface area contributed by atoms with Gasteiger partial charge in [0.15, 0.2) is 0 Å². The monoisotopic (exact) mass is 221 g/mol. The molecule has 0 aliphatic heterocycles. The van der Waals surface area contributed by atoms with Gasteiger partial charge in [-0.1, -0.05) is 19.1 Å². The summed E-state index contributed by atoms with van der Waals surface area (Å²) in [6, 6.07) is 8.31. The van der Waals surface area contributed by atoms with Gasteiger partial charge in [0, 0.05) is 11.7 Å². The summed E-state index contributed by atoms with van der Waals surface area (Å²) in [4.78, 5) is 11.1. The Hall–Kier alpha value is -1.51. The van der Waals surface area contributed by atoms with E-state index in [1.807, 2.05) is 19.1 Å². The number of hydrogen-bond acceptors (Lipinski definition) is 3. The third kappa shape index (κ3) is 3.93. The highest BCUT2D eigenvalue weighted by Crippen LogP contribution is 2.13. The first kappa shape index (κ1) is 12.6. The van der Waals surface area contributed by atoms with Crippen LogP contribution in [0.25, 0.3) is 0 Å². The standard InChI is InChI=1S/C13H19NO2/c1-4-11-6-5-7-12(9-11)14-10(2)8-13(15)16-3/h5-7,9-10,14H,4,8H2,1-3H3. The molecule has 16 heavy (non-hydrogen) atoms. The Morgan fingerprint density at radius 2 is 2.25 bits per heavy atom. The highest BCUT2D eigenvalue weighted by Gasteiger charge is 2.08. The van der Waals surface area contributed by atoms with E-state index in [0.29, 0.717) is 6.42 Å². The number of ether oxygens (including phenoxy) is 1. The number of hydrogen-bond donors (Lipinski definition) is 1. The Kier molecular flexibility index (Phi) is 4.83. The first-order valence-corrected chi connectivity index (χ1v) is 5.58. The molecule has 1 rings (SSSR count). The fourth-order valence-electron chi connectivity index (χ4n) is 1.55. The smallest absolute Gasteiger partial charge is 0.307 e. The van der Waals surface area contributed by atoms with Gasteiger partial charge in [0.25, 0.3) is 0 Å². The van der Waals surface area contributed by atoms with Crippen molar-refractivity contribution in [2.24, 2.45) is 0 Å². The van der Waals surface area contributed by atoms with E-state index in [9.17, 15) is 4.79 Å². The molecule has 0 radical (unpaired) electrons. The van der Waals surface area contributed by atoms with Crippen LogP contribution in [-0.4, -0.2) is 19.1 Å². The lowest BCUT2D eigenvalue weighted by Crippen LogP contribution is -2.20. The van der Waals surface area contributed by atoms with E-state index in [4.69, 9.17) is 0 Å². The Balaban J connectivity index is 2.55. The molecule has 1 aromatic carbocycles. The molecular formula is C13H19NO2. The van der Waals surface area contributed by atoms with Crippen LogP contribution in [0.5, 0.6) is 0 Å². The Morgan fingerprint density at radius 3 is 2.88 bits per heavy atom. The molecule has 1 aromatic rings. The van der Waals surface area contributed by atoms with Crippen molar-refractivity contribution in [2.45, 2.75) is 32.7 Å². The van der Waals surface area contributed by atoms with Gasteiger partial charge in [-0.05, 0) is 31.0 Å². The van der Waals surface area contributed by atoms with Crippen LogP contribution in [0.4, 0.5) is 5.69 Å². The Bertz CT molecular complexity index is 350. The van der Waals surface area contributed by atoms with Crippen molar-refractivity contribution in [3.05, 3.63) is 29.8 Å². The van der Waals surface area contributed by atoms with Gasteiger partial charge < -0.3 is 10.1 Å². The zero-order chi connectivity index (χ0) is 12.0. The molecule has 1 N–H and O–H groups in total. The highest BCUT2D eigenvalue weighted by atomic mass is 16.5. The predicted octanol–water partition coefficient (Wildman–Crippen LogP) is 2.61. The van der Waals surface area contributed by atoms with Crippen LogP contribution < -0.4 is 5.32 Å². The predicted molar refractivity (Wildman–Crippen MR) is 65.5 cm³/mol. The molecule has 1 atom stereocenters. The SMILES string of the molecule is CCc1cccc(NC(C)CC(=O)OC)c1. The lowest BCUT2D eigenvalue weighted by atomic mass is 10.1. The number of aryl methyl sites for hydroxylation is 1. The van der Waals surface area contributed by atoms with Crippen molar-refractivity contribution in [3.8, 4) is 0 Å². The summed E-state index contributed by atoms with van der Waals surface area (Å²) in [6.45, 7) is 4.09. The van der Waals surface area contributed by atoms with Crippen LogP contribution in [0.2, 0.25) is 0 Å². The van der Waals surface area contributed by atoms with Gasteiger partial charge in [0.05, 0.1) is 13.5 Å². The molecule has 1 unspecified atom stereocenters. The number of rotatable bonds is 5. The zero-order valence-corrected chi connectivity index (χ0v) is 10.1. The van der Waals surface area contributed by atoms with Crippen LogP contribution in [-0.2, 0) is 16.0 Å². The molecule has 0 aromatic heterocycles. The van der Waals surface area contributed by atoms with Crippen molar-refractivity contribution in [1.29, 1.82) is 0 Å². The summed E-state index contributed by atoms with van der Waals surface area (Å²) >= 11 is 0. The van der Waals surface area contributed by atoms with Gasteiger partial charge in [-0.2, -0.15) is 0 Å². The zero-order valence-electron chi connectivity index (χ0n) is 10.1. The fraction of sp³-hybridized carbons (Fsp3) is 0.462. The number of esters is 1. The minimum Gasteiger partial charge on any atom is -0.469 e. The van der Waals surface area contributed by atoms with Crippen LogP contribution in [0.15, 0.2) is 24.3 Å². The average molecular weight is 221 g/mol. The molecular weight excluding hydrogens is 202 g/mol. The Morgan fingerprint density at radius 1 is 1.50 bits per heavy atom. The molecule has 0 amide bonds. The molecule has 3 heteroatoms. The van der Waals surface area contributed by atoms with Crippen molar-refractivity contribution in [2.75, 3.05) is 12.4 Å². The second-order valence-electron chi connectivity index (χ2n) is 3.88. The summed E-state index contributed by atoms with van der Waals surface area (Å²) in [5.41, 5.74) is 2.34. The van der Waals surface area contributed by atoms with E-state index in [1.54, 1.807) is 0 Å². The van der Waals surface area contributed by atoms with E-state index in [2.05, 4.69) is 29.1 Å². The molecule has 3 nitrogen and oxygen atoms in total. The first-order chi connectivity index (χ1) is 7.65. The third-order valence-electron chi connectivity index (χ3n) is 2.45. The minimum absolute atomic E-state index is 0.0829. The van der Waals surface area contributed by atoms with E-state index >= 15 is 0 Å². The maximum absolute atomic E-state index is 11.1. The molecule has 0 aliphatic rings. The number of anilines is 1. The van der Waals surface area contributed by atoms with Crippen LogP contribution in [0, 0.1) is 0 Å². The van der Waals surface area contributed by atoms with Gasteiger partial charge in [-0.3, -0.25) is 4.79 Å². The van der Waals surface area contributed by atoms with Crippen molar-refractivity contribution in [1.82, 2.24) is 0 Å². The lowest BCUT2D eigenvalue weighted by molar-refractivity contribution is -0.140. The van der Waals surface area contributed by atoms with Gasteiger partial charge in [0.1, 0.15) is 0 Å². The second-order valence-corrected chi connectivity index (χ2v) is 3.88. The summed E-state index contributed by atoms with van der Waals surface area (Å²) in [5, 5.41) is 3.28. The topological polar surface area (TPSA) is 38.3 Å². The van der Waals surface area contributed by atoms with E-state index < -0.39 is 0 Å². The molecule has 0 bridgehead atoms. The summed E-state index contributed by atoms with van der Waals surface area (Å²) in [7, 11) is 1.41. The largest absolute Gasteiger partial charge is 0.469 e. The number of benzene rings is 1. The number of carbonyl (C=O) groups excluding carboxylic acids is 1. The van der Waals surface area contributed by atoms with Gasteiger partial charge >= 0.3 is 5.97 Å². The molecule has 0 saturated carbocycles. The van der Waals surface area contributed by atoms with Gasteiger partial charge in [0.2, 0.25) is 0 Å². The fourth-order valence-corrected chi connectivity index (χ4v) is 1.55. The Labute approximate surface area is 96.8 Å². The summed E-state index contributed by atoms with van der Waals surface area (Å²) < 4.78 is 4.62. The summed E-state index contributed by atoms with van der Waals surface area (Å²) in [5.74, 6) is -0.188.